The Kier molecular flexibility index (Phi) is 1.69. The highest BCUT2D eigenvalue weighted by molar-refractivity contribution is 5.88. The molecular weight excluding hydrogens is 192 g/mol. The molecule has 0 aliphatic carbocycles. The Bertz CT molecular complexity index is 511. The summed E-state index contributed by atoms with van der Waals surface area (Å²) in [6.07, 6.45) is 0. The van der Waals surface area contributed by atoms with Crippen molar-refractivity contribution in [1.29, 1.82) is 0 Å². The third-order valence-corrected chi connectivity index (χ3v) is 2.62. The number of hydrogen-bond acceptors (Lipinski definition) is 3. The van der Waals surface area contributed by atoms with Gasteiger partial charge in [0.15, 0.2) is 11.5 Å². The zero-order chi connectivity index (χ0) is 10.4. The fourth-order valence-electron chi connectivity index (χ4n) is 1.78. The molecule has 0 amide bonds. The van der Waals surface area contributed by atoms with Gasteiger partial charge in [-0.2, -0.15) is 0 Å². The average molecular weight is 204 g/mol. The Morgan fingerprint density at radius 2 is 2.07 bits per heavy atom. The van der Waals surface area contributed by atoms with Crippen LogP contribution in [0.4, 0.5) is 0 Å². The molecule has 2 aromatic rings. The van der Waals surface area contributed by atoms with Gasteiger partial charge in [-0.05, 0) is 18.2 Å². The van der Waals surface area contributed by atoms with E-state index in [1.165, 1.54) is 0 Å². The summed E-state index contributed by atoms with van der Waals surface area (Å²) < 4.78 is 16.5. The van der Waals surface area contributed by atoms with Crippen molar-refractivity contribution in [1.82, 2.24) is 0 Å². The van der Waals surface area contributed by atoms with Gasteiger partial charge in [-0.25, -0.2) is 0 Å². The Morgan fingerprint density at radius 3 is 2.87 bits per heavy atom. The summed E-state index contributed by atoms with van der Waals surface area (Å²) in [5.74, 6) is 2.98. The van der Waals surface area contributed by atoms with Crippen LogP contribution in [0.1, 0.15) is 25.5 Å². The maximum Gasteiger partial charge on any atom is 0.231 e. The summed E-state index contributed by atoms with van der Waals surface area (Å²) in [7, 11) is 0. The molecule has 0 atom stereocenters. The number of rotatable bonds is 1. The molecule has 1 aliphatic rings. The van der Waals surface area contributed by atoms with Gasteiger partial charge in [-0.15, -0.1) is 0 Å². The summed E-state index contributed by atoms with van der Waals surface area (Å²) in [6.45, 7) is 4.52. The van der Waals surface area contributed by atoms with Crippen LogP contribution in [0, 0.1) is 0 Å². The van der Waals surface area contributed by atoms with E-state index in [0.717, 1.165) is 28.2 Å². The van der Waals surface area contributed by atoms with Crippen LogP contribution in [0.25, 0.3) is 11.0 Å². The summed E-state index contributed by atoms with van der Waals surface area (Å²) in [5, 5.41) is 1.01. The van der Waals surface area contributed by atoms with Gasteiger partial charge >= 0.3 is 0 Å². The topological polar surface area (TPSA) is 31.6 Å². The summed E-state index contributed by atoms with van der Waals surface area (Å²) in [6, 6.07) is 5.85. The summed E-state index contributed by atoms with van der Waals surface area (Å²) in [4.78, 5) is 0. The zero-order valence-electron chi connectivity index (χ0n) is 8.74. The smallest absolute Gasteiger partial charge is 0.231 e. The maximum absolute atomic E-state index is 5.72. The minimum absolute atomic E-state index is 0.302. The lowest BCUT2D eigenvalue weighted by molar-refractivity contribution is 0.175. The number of furan rings is 1. The molecule has 0 spiro atoms. The fourth-order valence-corrected chi connectivity index (χ4v) is 1.78. The van der Waals surface area contributed by atoms with Gasteiger partial charge in [0, 0.05) is 5.92 Å². The van der Waals surface area contributed by atoms with Crippen LogP contribution in [0.5, 0.6) is 11.5 Å². The fraction of sp³-hybridized carbons (Fsp3) is 0.333. The van der Waals surface area contributed by atoms with Gasteiger partial charge < -0.3 is 13.9 Å². The highest BCUT2D eigenvalue weighted by atomic mass is 16.7. The second-order valence-corrected chi connectivity index (χ2v) is 4.01. The normalized spacial score (nSPS) is 14.1. The largest absolute Gasteiger partial charge is 0.461 e. The molecule has 78 valence electrons. The molecule has 3 heteroatoms. The van der Waals surface area contributed by atoms with Gasteiger partial charge in [0.1, 0.15) is 11.3 Å². The van der Waals surface area contributed by atoms with Crippen LogP contribution >= 0.6 is 0 Å². The lowest BCUT2D eigenvalue weighted by Gasteiger charge is -1.95. The lowest BCUT2D eigenvalue weighted by Crippen LogP contribution is -1.93. The van der Waals surface area contributed by atoms with Crippen molar-refractivity contribution >= 4 is 11.0 Å². The molecule has 0 saturated carbocycles. The first-order valence-corrected chi connectivity index (χ1v) is 5.08. The predicted molar refractivity (Wildman–Crippen MR) is 56.4 cm³/mol. The number of ether oxygens (including phenoxy) is 2. The highest BCUT2D eigenvalue weighted by Gasteiger charge is 2.19. The van der Waals surface area contributed by atoms with Crippen molar-refractivity contribution in [2.24, 2.45) is 0 Å². The first-order valence-electron chi connectivity index (χ1n) is 5.08. The van der Waals surface area contributed by atoms with Crippen LogP contribution < -0.4 is 9.47 Å². The molecule has 1 aliphatic heterocycles. The number of hydrogen-bond donors (Lipinski definition) is 0. The molecule has 15 heavy (non-hydrogen) atoms. The Balaban J connectivity index is 2.27. The molecule has 1 aromatic heterocycles. The van der Waals surface area contributed by atoms with Crippen molar-refractivity contribution < 1.29 is 13.9 Å². The van der Waals surface area contributed by atoms with Gasteiger partial charge in [0.25, 0.3) is 0 Å². The van der Waals surface area contributed by atoms with Crippen molar-refractivity contribution in [3.8, 4) is 11.5 Å². The second kappa shape index (κ2) is 2.92. The van der Waals surface area contributed by atoms with Crippen LogP contribution in [0.15, 0.2) is 22.6 Å². The van der Waals surface area contributed by atoms with E-state index in [1.54, 1.807) is 0 Å². The Labute approximate surface area is 87.6 Å². The van der Waals surface area contributed by atoms with Gasteiger partial charge in [0.2, 0.25) is 6.79 Å². The standard InChI is InChI=1S/C12H12O3/c1-7(2)11-5-8-9(15-11)3-4-10-12(8)14-6-13-10/h3-5,7H,6H2,1-2H3. The predicted octanol–water partition coefficient (Wildman–Crippen LogP) is 3.28. The third-order valence-electron chi connectivity index (χ3n) is 2.62. The quantitative estimate of drug-likeness (QED) is 0.714. The minimum Gasteiger partial charge on any atom is -0.461 e. The molecule has 0 fully saturated rings. The number of benzene rings is 1. The SMILES string of the molecule is CC(C)c1cc2c3c(ccc2o1)OCO3. The van der Waals surface area contributed by atoms with E-state index in [2.05, 4.69) is 13.8 Å². The van der Waals surface area contributed by atoms with Crippen molar-refractivity contribution in [2.45, 2.75) is 19.8 Å². The molecule has 3 rings (SSSR count). The van der Waals surface area contributed by atoms with Gasteiger partial charge in [-0.1, -0.05) is 13.8 Å². The molecule has 1 aromatic carbocycles. The van der Waals surface area contributed by atoms with E-state index in [-0.39, 0.29) is 0 Å². The summed E-state index contributed by atoms with van der Waals surface area (Å²) in [5.41, 5.74) is 0.864. The van der Waals surface area contributed by atoms with Crippen LogP contribution in [-0.2, 0) is 0 Å². The molecule has 0 bridgehead atoms. The summed E-state index contributed by atoms with van der Waals surface area (Å²) >= 11 is 0. The molecule has 3 nitrogen and oxygen atoms in total. The third kappa shape index (κ3) is 1.19. The Hall–Kier alpha value is -1.64. The van der Waals surface area contributed by atoms with E-state index in [0.29, 0.717) is 12.7 Å². The van der Waals surface area contributed by atoms with Gasteiger partial charge in [0.05, 0.1) is 5.39 Å². The van der Waals surface area contributed by atoms with Crippen molar-refractivity contribution in [2.75, 3.05) is 6.79 Å². The van der Waals surface area contributed by atoms with Crippen molar-refractivity contribution in [3.05, 3.63) is 24.0 Å². The van der Waals surface area contributed by atoms with Crippen LogP contribution in [0.2, 0.25) is 0 Å². The van der Waals surface area contributed by atoms with E-state index >= 15 is 0 Å². The zero-order valence-corrected chi connectivity index (χ0v) is 8.74. The average Bonchev–Trinajstić information content (AvgIpc) is 2.82. The number of fused-ring (bicyclic) bond motifs is 3. The monoisotopic (exact) mass is 204 g/mol. The first kappa shape index (κ1) is 8.65. The van der Waals surface area contributed by atoms with Gasteiger partial charge in [-0.3, -0.25) is 0 Å². The molecule has 2 heterocycles. The van der Waals surface area contributed by atoms with Crippen molar-refractivity contribution in [3.63, 3.8) is 0 Å². The second-order valence-electron chi connectivity index (χ2n) is 4.01. The van der Waals surface area contributed by atoms with Crippen LogP contribution in [-0.4, -0.2) is 6.79 Å². The van der Waals surface area contributed by atoms with E-state index < -0.39 is 0 Å². The molecule has 0 radical (unpaired) electrons. The molecule has 0 saturated heterocycles. The first-order chi connectivity index (χ1) is 7.25. The molecule has 0 unspecified atom stereocenters. The molecule has 0 N–H and O–H groups in total. The highest BCUT2D eigenvalue weighted by Crippen LogP contribution is 2.41. The van der Waals surface area contributed by atoms with E-state index in [1.807, 2.05) is 18.2 Å². The Morgan fingerprint density at radius 1 is 1.20 bits per heavy atom. The molecular formula is C12H12O3. The van der Waals surface area contributed by atoms with E-state index in [4.69, 9.17) is 13.9 Å². The van der Waals surface area contributed by atoms with E-state index in [9.17, 15) is 0 Å². The van der Waals surface area contributed by atoms with Crippen LogP contribution in [0.3, 0.4) is 0 Å². The maximum atomic E-state index is 5.72. The minimum atomic E-state index is 0.302. The lowest BCUT2D eigenvalue weighted by atomic mass is 10.1.